The summed E-state index contributed by atoms with van der Waals surface area (Å²) in [5.74, 6) is 0.817. The van der Waals surface area contributed by atoms with Gasteiger partial charge in [0.1, 0.15) is 12.4 Å². The first-order valence-electron chi connectivity index (χ1n) is 11.6. The molecule has 3 nitrogen and oxygen atoms in total. The predicted octanol–water partition coefficient (Wildman–Crippen LogP) is 6.78. The summed E-state index contributed by atoms with van der Waals surface area (Å²) < 4.78 is 5.93. The highest BCUT2D eigenvalue weighted by Gasteiger charge is 2.29. The van der Waals surface area contributed by atoms with Crippen LogP contribution < -0.4 is 4.74 Å². The fourth-order valence-electron chi connectivity index (χ4n) is 3.97. The normalized spacial score (nSPS) is 13.2. The maximum Gasteiger partial charge on any atom is 0.119 e. The van der Waals surface area contributed by atoms with E-state index in [0.717, 1.165) is 48.5 Å². The number of ether oxygens (including phenoxy) is 1. The van der Waals surface area contributed by atoms with Gasteiger partial charge >= 0.3 is 0 Å². The Morgan fingerprint density at radius 2 is 1.33 bits per heavy atom. The summed E-state index contributed by atoms with van der Waals surface area (Å²) in [5, 5.41) is 13.2. The van der Waals surface area contributed by atoms with Crippen molar-refractivity contribution in [3.05, 3.63) is 99.5 Å². The Balaban J connectivity index is 1.74. The number of hydrogen-bond donors (Lipinski definition) is 1. The molecular formula is C28H33Cl2NO2. The molecular weight excluding hydrogens is 453 g/mol. The number of rotatable bonds is 12. The van der Waals surface area contributed by atoms with Gasteiger partial charge in [0.15, 0.2) is 0 Å². The van der Waals surface area contributed by atoms with Gasteiger partial charge in [0, 0.05) is 23.0 Å². The number of benzene rings is 3. The highest BCUT2D eigenvalue weighted by Crippen LogP contribution is 2.32. The summed E-state index contributed by atoms with van der Waals surface area (Å²) >= 11 is 12.1. The van der Waals surface area contributed by atoms with Crippen LogP contribution in [0.2, 0.25) is 10.0 Å². The molecule has 1 unspecified atom stereocenters. The molecule has 3 aromatic carbocycles. The molecule has 0 amide bonds. The van der Waals surface area contributed by atoms with Gasteiger partial charge in [-0.1, -0.05) is 73.4 Å². The summed E-state index contributed by atoms with van der Waals surface area (Å²) in [6.45, 7) is 7.89. The maximum absolute atomic E-state index is 11.8. The van der Waals surface area contributed by atoms with E-state index in [1.807, 2.05) is 72.8 Å². The largest absolute Gasteiger partial charge is 0.492 e. The van der Waals surface area contributed by atoms with E-state index in [-0.39, 0.29) is 0 Å². The molecule has 0 bridgehead atoms. The van der Waals surface area contributed by atoms with Crippen molar-refractivity contribution in [2.45, 2.75) is 38.7 Å². The zero-order valence-electron chi connectivity index (χ0n) is 19.4. The van der Waals surface area contributed by atoms with Crippen molar-refractivity contribution in [1.82, 2.24) is 4.90 Å². The molecule has 0 saturated heterocycles. The molecule has 3 aromatic rings. The van der Waals surface area contributed by atoms with Crippen molar-refractivity contribution in [3.8, 4) is 5.75 Å². The topological polar surface area (TPSA) is 32.7 Å². The SMILES string of the molecule is CCN(CC)CCOc1ccc(C(O)(CCc2ccc(Cl)cc2)Cc2ccc(Cl)cc2)cc1. The number of hydrogen-bond acceptors (Lipinski definition) is 3. The molecule has 33 heavy (non-hydrogen) atoms. The van der Waals surface area contributed by atoms with Gasteiger partial charge in [-0.2, -0.15) is 0 Å². The molecule has 0 spiro atoms. The zero-order valence-corrected chi connectivity index (χ0v) is 20.9. The monoisotopic (exact) mass is 485 g/mol. The van der Waals surface area contributed by atoms with E-state index in [0.29, 0.717) is 29.5 Å². The molecule has 0 aromatic heterocycles. The first-order valence-corrected chi connectivity index (χ1v) is 12.3. The van der Waals surface area contributed by atoms with Crippen LogP contribution in [0.3, 0.4) is 0 Å². The first-order chi connectivity index (χ1) is 15.9. The van der Waals surface area contributed by atoms with Crippen LogP contribution in [0.5, 0.6) is 5.75 Å². The Bertz CT molecular complexity index is 970. The van der Waals surface area contributed by atoms with Gasteiger partial charge < -0.3 is 14.7 Å². The van der Waals surface area contributed by atoms with E-state index in [2.05, 4.69) is 18.7 Å². The smallest absolute Gasteiger partial charge is 0.119 e. The third-order valence-corrected chi connectivity index (χ3v) is 6.62. The highest BCUT2D eigenvalue weighted by molar-refractivity contribution is 6.30. The van der Waals surface area contributed by atoms with Crippen molar-refractivity contribution in [2.24, 2.45) is 0 Å². The maximum atomic E-state index is 11.8. The van der Waals surface area contributed by atoms with Crippen LogP contribution in [0.1, 0.15) is 37.0 Å². The van der Waals surface area contributed by atoms with Crippen molar-refractivity contribution in [2.75, 3.05) is 26.2 Å². The van der Waals surface area contributed by atoms with Crippen LogP contribution in [0.15, 0.2) is 72.8 Å². The second kappa shape index (κ2) is 12.4. The van der Waals surface area contributed by atoms with Crippen molar-refractivity contribution < 1.29 is 9.84 Å². The van der Waals surface area contributed by atoms with Crippen LogP contribution in [0, 0.1) is 0 Å². The molecule has 0 radical (unpaired) electrons. The second-order valence-electron chi connectivity index (χ2n) is 8.36. The lowest BCUT2D eigenvalue weighted by Gasteiger charge is -2.29. The number of likely N-dealkylation sites (N-methyl/N-ethyl adjacent to an activating group) is 1. The molecule has 0 aliphatic carbocycles. The molecule has 176 valence electrons. The Labute approximate surface area is 207 Å². The van der Waals surface area contributed by atoms with Crippen LogP contribution in [-0.4, -0.2) is 36.2 Å². The van der Waals surface area contributed by atoms with Crippen molar-refractivity contribution in [3.63, 3.8) is 0 Å². The Morgan fingerprint density at radius 1 is 0.788 bits per heavy atom. The fraction of sp³-hybridized carbons (Fsp3) is 0.357. The van der Waals surface area contributed by atoms with Gasteiger partial charge in [-0.15, -0.1) is 0 Å². The van der Waals surface area contributed by atoms with E-state index in [9.17, 15) is 5.11 Å². The minimum absolute atomic E-state index is 0.500. The third-order valence-electron chi connectivity index (χ3n) is 6.11. The number of halogens is 2. The van der Waals surface area contributed by atoms with E-state index in [1.54, 1.807) is 0 Å². The Hall–Kier alpha value is -2.04. The van der Waals surface area contributed by atoms with Gasteiger partial charge in [-0.05, 0) is 79.0 Å². The molecule has 5 heteroatoms. The molecule has 1 N–H and O–H groups in total. The molecule has 0 aliphatic heterocycles. The van der Waals surface area contributed by atoms with E-state index < -0.39 is 5.60 Å². The highest BCUT2D eigenvalue weighted by atomic mass is 35.5. The molecule has 0 saturated carbocycles. The van der Waals surface area contributed by atoms with Gasteiger partial charge in [0.05, 0.1) is 5.60 Å². The summed E-state index contributed by atoms with van der Waals surface area (Å²) in [4.78, 5) is 2.33. The quantitative estimate of drug-likeness (QED) is 0.306. The van der Waals surface area contributed by atoms with E-state index >= 15 is 0 Å². The average molecular weight is 486 g/mol. The third kappa shape index (κ3) is 7.75. The Kier molecular flexibility index (Phi) is 9.64. The van der Waals surface area contributed by atoms with Gasteiger partial charge in [-0.25, -0.2) is 0 Å². The summed E-state index contributed by atoms with van der Waals surface area (Å²) in [6, 6.07) is 23.3. The van der Waals surface area contributed by atoms with Crippen LogP contribution in [0.25, 0.3) is 0 Å². The summed E-state index contributed by atoms with van der Waals surface area (Å²) in [5.41, 5.74) is 2.04. The van der Waals surface area contributed by atoms with E-state index in [1.165, 1.54) is 0 Å². The van der Waals surface area contributed by atoms with Crippen molar-refractivity contribution in [1.29, 1.82) is 0 Å². The molecule has 3 rings (SSSR count). The lowest BCUT2D eigenvalue weighted by atomic mass is 9.82. The number of aryl methyl sites for hydroxylation is 1. The molecule has 0 heterocycles. The molecule has 0 aliphatic rings. The molecule has 0 fully saturated rings. The van der Waals surface area contributed by atoms with Crippen LogP contribution >= 0.6 is 23.2 Å². The average Bonchev–Trinajstić information content (AvgIpc) is 2.83. The van der Waals surface area contributed by atoms with E-state index in [4.69, 9.17) is 27.9 Å². The summed E-state index contributed by atoms with van der Waals surface area (Å²) in [7, 11) is 0. The zero-order chi connectivity index (χ0) is 23.7. The number of aliphatic hydroxyl groups is 1. The number of nitrogens with zero attached hydrogens (tertiary/aromatic N) is 1. The van der Waals surface area contributed by atoms with Gasteiger partial charge in [0.2, 0.25) is 0 Å². The van der Waals surface area contributed by atoms with Crippen LogP contribution in [-0.2, 0) is 18.4 Å². The van der Waals surface area contributed by atoms with Gasteiger partial charge in [-0.3, -0.25) is 0 Å². The lowest BCUT2D eigenvalue weighted by Crippen LogP contribution is -2.29. The standard InChI is InChI=1S/C28H33Cl2NO2/c1-3-31(4-2)19-20-33-27-15-9-24(10-16-27)28(32,21-23-7-13-26(30)14-8-23)18-17-22-5-11-25(29)12-6-22/h5-16,32H,3-4,17-21H2,1-2H3. The Morgan fingerprint density at radius 3 is 1.88 bits per heavy atom. The first kappa shape index (κ1) is 25.6. The fourth-order valence-corrected chi connectivity index (χ4v) is 4.22. The van der Waals surface area contributed by atoms with Crippen molar-refractivity contribution >= 4 is 23.2 Å². The molecule has 1 atom stereocenters. The van der Waals surface area contributed by atoms with Crippen LogP contribution in [0.4, 0.5) is 0 Å². The minimum atomic E-state index is -1.02. The minimum Gasteiger partial charge on any atom is -0.492 e. The van der Waals surface area contributed by atoms with Gasteiger partial charge in [0.25, 0.3) is 0 Å². The predicted molar refractivity (Wildman–Crippen MR) is 139 cm³/mol. The lowest BCUT2D eigenvalue weighted by molar-refractivity contribution is 0.0279. The second-order valence-corrected chi connectivity index (χ2v) is 9.23. The summed E-state index contributed by atoms with van der Waals surface area (Å²) in [6.07, 6.45) is 1.82.